The van der Waals surface area contributed by atoms with E-state index in [4.69, 9.17) is 11.6 Å². The summed E-state index contributed by atoms with van der Waals surface area (Å²) in [6.45, 7) is 4.07. The standard InChI is InChI=1S/C15H19BrClFN2/c1-10-8-19-15(4-2-3-5-15)9-20(10)14-12(16)6-11(18)7-13(14)17/h6-7,10,19H,2-5,8-9H2,1H3. The third-order valence-electron chi connectivity index (χ3n) is 4.61. The van der Waals surface area contributed by atoms with Crippen LogP contribution >= 0.6 is 27.5 Å². The van der Waals surface area contributed by atoms with Crippen LogP contribution in [0.4, 0.5) is 10.1 Å². The predicted octanol–water partition coefficient (Wildman–Crippen LogP) is 4.35. The number of benzene rings is 1. The maximum absolute atomic E-state index is 13.4. The molecule has 0 amide bonds. The summed E-state index contributed by atoms with van der Waals surface area (Å²) in [7, 11) is 0. The van der Waals surface area contributed by atoms with Gasteiger partial charge < -0.3 is 10.2 Å². The first-order valence-electron chi connectivity index (χ1n) is 7.17. The van der Waals surface area contributed by atoms with Crippen LogP contribution < -0.4 is 10.2 Å². The minimum atomic E-state index is -0.302. The third kappa shape index (κ3) is 2.58. The second-order valence-electron chi connectivity index (χ2n) is 6.06. The molecule has 1 saturated heterocycles. The first kappa shape index (κ1) is 14.6. The highest BCUT2D eigenvalue weighted by Crippen LogP contribution is 2.40. The highest BCUT2D eigenvalue weighted by Gasteiger charge is 2.40. The zero-order valence-electron chi connectivity index (χ0n) is 11.6. The van der Waals surface area contributed by atoms with Gasteiger partial charge in [0.2, 0.25) is 0 Å². The van der Waals surface area contributed by atoms with Gasteiger partial charge in [-0.15, -0.1) is 0 Å². The van der Waals surface area contributed by atoms with Gasteiger partial charge in [-0.2, -0.15) is 0 Å². The summed E-state index contributed by atoms with van der Waals surface area (Å²) < 4.78 is 14.2. The van der Waals surface area contributed by atoms with E-state index in [1.807, 2.05) is 0 Å². The molecule has 0 radical (unpaired) electrons. The normalized spacial score (nSPS) is 25.4. The van der Waals surface area contributed by atoms with Gasteiger partial charge in [0.1, 0.15) is 5.82 Å². The van der Waals surface area contributed by atoms with E-state index in [1.54, 1.807) is 0 Å². The van der Waals surface area contributed by atoms with E-state index in [0.29, 0.717) is 11.1 Å². The van der Waals surface area contributed by atoms with Gasteiger partial charge in [-0.3, -0.25) is 0 Å². The van der Waals surface area contributed by atoms with Crippen LogP contribution in [-0.2, 0) is 0 Å². The fraction of sp³-hybridized carbons (Fsp3) is 0.600. The molecule has 1 heterocycles. The molecule has 1 aliphatic carbocycles. The number of nitrogens with zero attached hydrogens (tertiary/aromatic N) is 1. The van der Waals surface area contributed by atoms with Crippen molar-refractivity contribution in [2.45, 2.75) is 44.2 Å². The summed E-state index contributed by atoms with van der Waals surface area (Å²) in [6.07, 6.45) is 5.00. The Bertz CT molecular complexity index is 494. The van der Waals surface area contributed by atoms with Gasteiger partial charge in [-0.25, -0.2) is 4.39 Å². The van der Waals surface area contributed by atoms with Gasteiger partial charge >= 0.3 is 0 Å². The van der Waals surface area contributed by atoms with Crippen LogP contribution in [0, 0.1) is 5.82 Å². The van der Waals surface area contributed by atoms with Gasteiger partial charge in [0.15, 0.2) is 0 Å². The van der Waals surface area contributed by atoms with Crippen molar-refractivity contribution in [3.05, 3.63) is 27.4 Å². The second-order valence-corrected chi connectivity index (χ2v) is 7.32. The van der Waals surface area contributed by atoms with Crippen LogP contribution in [0.1, 0.15) is 32.6 Å². The lowest BCUT2D eigenvalue weighted by atomic mass is 9.92. The second kappa shape index (κ2) is 5.47. The van der Waals surface area contributed by atoms with Crippen molar-refractivity contribution >= 4 is 33.2 Å². The van der Waals surface area contributed by atoms with Crippen molar-refractivity contribution < 1.29 is 4.39 Å². The molecule has 3 rings (SSSR count). The molecule has 110 valence electrons. The molecule has 1 spiro atoms. The highest BCUT2D eigenvalue weighted by molar-refractivity contribution is 9.10. The Hall–Kier alpha value is -0.320. The molecule has 2 fully saturated rings. The molecule has 2 aliphatic rings. The smallest absolute Gasteiger partial charge is 0.125 e. The molecule has 1 saturated carbocycles. The van der Waals surface area contributed by atoms with Crippen molar-refractivity contribution in [1.82, 2.24) is 5.32 Å². The highest BCUT2D eigenvalue weighted by atomic mass is 79.9. The molecule has 0 aromatic heterocycles. The van der Waals surface area contributed by atoms with Gasteiger partial charge in [-0.1, -0.05) is 24.4 Å². The molecule has 1 aliphatic heterocycles. The third-order valence-corrected chi connectivity index (χ3v) is 5.50. The molecule has 1 unspecified atom stereocenters. The lowest BCUT2D eigenvalue weighted by Gasteiger charge is -2.47. The minimum absolute atomic E-state index is 0.212. The monoisotopic (exact) mass is 360 g/mol. The molecule has 0 bridgehead atoms. The van der Waals surface area contributed by atoms with E-state index in [2.05, 4.69) is 33.1 Å². The Kier molecular flexibility index (Phi) is 3.99. The van der Waals surface area contributed by atoms with Crippen molar-refractivity contribution in [3.8, 4) is 0 Å². The maximum atomic E-state index is 13.4. The fourth-order valence-electron chi connectivity index (χ4n) is 3.51. The van der Waals surface area contributed by atoms with Crippen molar-refractivity contribution in [2.24, 2.45) is 0 Å². The molecule has 1 aromatic carbocycles. The molecule has 1 N–H and O–H groups in total. The van der Waals surface area contributed by atoms with Gasteiger partial charge in [-0.05, 0) is 47.8 Å². The molecule has 1 atom stereocenters. The Morgan fingerprint density at radius 2 is 2.10 bits per heavy atom. The lowest BCUT2D eigenvalue weighted by Crippen LogP contribution is -2.62. The molecular weight excluding hydrogens is 343 g/mol. The van der Waals surface area contributed by atoms with Crippen molar-refractivity contribution in [1.29, 1.82) is 0 Å². The van der Waals surface area contributed by atoms with Crippen LogP contribution in [0.5, 0.6) is 0 Å². The van der Waals surface area contributed by atoms with Gasteiger partial charge in [0.05, 0.1) is 10.7 Å². The van der Waals surface area contributed by atoms with Crippen LogP contribution in [0.3, 0.4) is 0 Å². The Morgan fingerprint density at radius 3 is 2.75 bits per heavy atom. The average Bonchev–Trinajstić information content (AvgIpc) is 2.81. The summed E-state index contributed by atoms with van der Waals surface area (Å²) >= 11 is 9.77. The van der Waals surface area contributed by atoms with E-state index in [-0.39, 0.29) is 11.4 Å². The number of rotatable bonds is 1. The zero-order valence-corrected chi connectivity index (χ0v) is 13.9. The van der Waals surface area contributed by atoms with Gasteiger partial charge in [0, 0.05) is 29.1 Å². The van der Waals surface area contributed by atoms with E-state index in [0.717, 1.165) is 23.2 Å². The van der Waals surface area contributed by atoms with E-state index in [1.165, 1.54) is 37.8 Å². The average molecular weight is 362 g/mol. The van der Waals surface area contributed by atoms with E-state index in [9.17, 15) is 4.39 Å². The SMILES string of the molecule is CC1CNC2(CCCC2)CN1c1c(Cl)cc(F)cc1Br. The largest absolute Gasteiger partial charge is 0.364 e. The number of hydrogen-bond donors (Lipinski definition) is 1. The fourth-order valence-corrected chi connectivity index (χ4v) is 4.60. The summed E-state index contributed by atoms with van der Waals surface area (Å²) in [5, 5.41) is 4.21. The topological polar surface area (TPSA) is 15.3 Å². The summed E-state index contributed by atoms with van der Waals surface area (Å²) in [6, 6.07) is 3.25. The number of hydrogen-bond acceptors (Lipinski definition) is 2. The number of anilines is 1. The molecule has 5 heteroatoms. The van der Waals surface area contributed by atoms with E-state index >= 15 is 0 Å². The molecule has 1 aromatic rings. The molecule has 2 nitrogen and oxygen atoms in total. The van der Waals surface area contributed by atoms with Crippen molar-refractivity contribution in [3.63, 3.8) is 0 Å². The lowest BCUT2D eigenvalue weighted by molar-refractivity contribution is 0.276. The number of piperazine rings is 1. The van der Waals surface area contributed by atoms with Gasteiger partial charge in [0.25, 0.3) is 0 Å². The van der Waals surface area contributed by atoms with Crippen LogP contribution in [0.25, 0.3) is 0 Å². The van der Waals surface area contributed by atoms with Crippen molar-refractivity contribution in [2.75, 3.05) is 18.0 Å². The first-order valence-corrected chi connectivity index (χ1v) is 8.34. The number of halogens is 3. The molecular formula is C15H19BrClFN2. The summed E-state index contributed by atoms with van der Waals surface area (Å²) in [4.78, 5) is 2.33. The summed E-state index contributed by atoms with van der Waals surface area (Å²) in [5.41, 5.74) is 1.14. The first-order chi connectivity index (χ1) is 9.51. The predicted molar refractivity (Wildman–Crippen MR) is 85.1 cm³/mol. The van der Waals surface area contributed by atoms with E-state index < -0.39 is 0 Å². The summed E-state index contributed by atoms with van der Waals surface area (Å²) in [5.74, 6) is -0.302. The van der Waals surface area contributed by atoms with Crippen LogP contribution in [0.15, 0.2) is 16.6 Å². The Balaban J connectivity index is 1.95. The van der Waals surface area contributed by atoms with Crippen LogP contribution in [0.2, 0.25) is 5.02 Å². The maximum Gasteiger partial charge on any atom is 0.125 e. The zero-order chi connectivity index (χ0) is 14.3. The van der Waals surface area contributed by atoms with Crippen LogP contribution in [-0.4, -0.2) is 24.7 Å². The quantitative estimate of drug-likeness (QED) is 0.800. The Morgan fingerprint density at radius 1 is 1.40 bits per heavy atom. The number of nitrogens with one attached hydrogen (secondary N) is 1. The Labute approximate surface area is 132 Å². The minimum Gasteiger partial charge on any atom is -0.364 e. The molecule has 20 heavy (non-hydrogen) atoms.